The van der Waals surface area contributed by atoms with Gasteiger partial charge in [-0.3, -0.25) is 4.79 Å². The van der Waals surface area contributed by atoms with Crippen LogP contribution in [0.2, 0.25) is 0 Å². The Balaban J connectivity index is 2.71. The summed E-state index contributed by atoms with van der Waals surface area (Å²) in [6.07, 6.45) is 2.03. The average molecular weight is 226 g/mol. The van der Waals surface area contributed by atoms with Gasteiger partial charge >= 0.3 is 0 Å². The highest BCUT2D eigenvalue weighted by atomic mass is 16.1. The molecule has 0 unspecified atom stereocenters. The predicted octanol–water partition coefficient (Wildman–Crippen LogP) is 2.88. The van der Waals surface area contributed by atoms with Gasteiger partial charge in [0.05, 0.1) is 12.1 Å². The van der Waals surface area contributed by atoms with E-state index in [0.29, 0.717) is 5.56 Å². The Bertz CT molecular complexity index is 448. The largest absolute Gasteiger partial charge is 0.294 e. The number of aryl methyl sites for hydroxylation is 1. The molecule has 0 aliphatic heterocycles. The Kier molecular flexibility index (Phi) is 4.91. The number of carbonyl (C=O) groups is 1. The van der Waals surface area contributed by atoms with E-state index in [0.717, 1.165) is 12.8 Å². The molecule has 0 aliphatic rings. The van der Waals surface area contributed by atoms with Crippen LogP contribution in [0.1, 0.15) is 35.7 Å². The zero-order valence-corrected chi connectivity index (χ0v) is 9.81. The lowest BCUT2D eigenvalue weighted by molar-refractivity contribution is 0.0976. The first-order valence-corrected chi connectivity index (χ1v) is 5.62. The van der Waals surface area contributed by atoms with Crippen LogP contribution in [0.3, 0.4) is 0 Å². The monoisotopic (exact) mass is 226 g/mol. The minimum absolute atomic E-state index is 0.0277. The summed E-state index contributed by atoms with van der Waals surface area (Å²) < 4.78 is 0. The molecule has 0 spiro atoms. The first-order chi connectivity index (χ1) is 8.21. The second-order valence-electron chi connectivity index (χ2n) is 3.89. The molecule has 0 heterocycles. The van der Waals surface area contributed by atoms with E-state index in [-0.39, 0.29) is 12.2 Å². The fourth-order valence-electron chi connectivity index (χ4n) is 1.57. The Morgan fingerprint density at radius 3 is 2.29 bits per heavy atom. The molecule has 17 heavy (non-hydrogen) atoms. The third-order valence-electron chi connectivity index (χ3n) is 2.52. The standard InChI is InChI=1S/C14H14N2O/c1-2-3-11-4-6-13(7-5-11)14(17)8-12(9-15)10-16/h4-7,12H,2-3,8H2,1H3. The topological polar surface area (TPSA) is 64.7 Å². The lowest BCUT2D eigenvalue weighted by atomic mass is 9.99. The van der Waals surface area contributed by atoms with Gasteiger partial charge < -0.3 is 0 Å². The smallest absolute Gasteiger partial charge is 0.165 e. The highest BCUT2D eigenvalue weighted by Crippen LogP contribution is 2.11. The molecule has 0 N–H and O–H groups in total. The molecule has 0 radical (unpaired) electrons. The second-order valence-corrected chi connectivity index (χ2v) is 3.89. The molecule has 0 amide bonds. The quantitative estimate of drug-likeness (QED) is 0.725. The van der Waals surface area contributed by atoms with Crippen molar-refractivity contribution in [3.63, 3.8) is 0 Å². The molecule has 3 nitrogen and oxygen atoms in total. The van der Waals surface area contributed by atoms with E-state index in [4.69, 9.17) is 10.5 Å². The van der Waals surface area contributed by atoms with Gasteiger partial charge in [-0.25, -0.2) is 0 Å². The summed E-state index contributed by atoms with van der Waals surface area (Å²) in [5.74, 6) is -1.00. The van der Waals surface area contributed by atoms with Crippen LogP contribution in [-0.2, 0) is 6.42 Å². The van der Waals surface area contributed by atoms with E-state index in [1.54, 1.807) is 24.3 Å². The van der Waals surface area contributed by atoms with Gasteiger partial charge in [-0.1, -0.05) is 37.6 Å². The number of rotatable bonds is 5. The molecule has 0 atom stereocenters. The molecule has 1 aromatic rings. The predicted molar refractivity (Wildman–Crippen MR) is 64.1 cm³/mol. The Morgan fingerprint density at radius 2 is 1.82 bits per heavy atom. The van der Waals surface area contributed by atoms with E-state index < -0.39 is 5.92 Å². The average Bonchev–Trinajstić information content (AvgIpc) is 2.37. The van der Waals surface area contributed by atoms with Gasteiger partial charge in [0.2, 0.25) is 0 Å². The van der Waals surface area contributed by atoms with Gasteiger partial charge in [0.15, 0.2) is 5.78 Å². The first kappa shape index (κ1) is 12.9. The molecule has 0 saturated heterocycles. The highest BCUT2D eigenvalue weighted by molar-refractivity contribution is 5.96. The van der Waals surface area contributed by atoms with Crippen molar-refractivity contribution in [2.45, 2.75) is 26.2 Å². The molecule has 0 saturated carbocycles. The number of nitriles is 2. The van der Waals surface area contributed by atoms with Gasteiger partial charge in [0.1, 0.15) is 5.92 Å². The summed E-state index contributed by atoms with van der Waals surface area (Å²) in [4.78, 5) is 11.7. The molecular formula is C14H14N2O. The summed E-state index contributed by atoms with van der Waals surface area (Å²) in [5, 5.41) is 17.2. The normalized spacial score (nSPS) is 9.65. The molecule has 0 aliphatic carbocycles. The summed E-state index contributed by atoms with van der Waals surface area (Å²) in [5.41, 5.74) is 1.77. The molecule has 0 fully saturated rings. The number of nitrogens with zero attached hydrogens (tertiary/aromatic N) is 2. The first-order valence-electron chi connectivity index (χ1n) is 5.62. The van der Waals surface area contributed by atoms with Crippen LogP contribution in [0.5, 0.6) is 0 Å². The Labute approximate surface area is 101 Å². The van der Waals surface area contributed by atoms with E-state index >= 15 is 0 Å². The number of hydrogen-bond donors (Lipinski definition) is 0. The second kappa shape index (κ2) is 6.45. The number of hydrogen-bond acceptors (Lipinski definition) is 3. The SMILES string of the molecule is CCCc1ccc(C(=O)CC(C#N)C#N)cc1. The van der Waals surface area contributed by atoms with Crippen molar-refractivity contribution in [1.82, 2.24) is 0 Å². The van der Waals surface area contributed by atoms with Crippen molar-refractivity contribution in [2.75, 3.05) is 0 Å². The number of benzene rings is 1. The highest BCUT2D eigenvalue weighted by Gasteiger charge is 2.13. The molecular weight excluding hydrogens is 212 g/mol. The van der Waals surface area contributed by atoms with Gasteiger partial charge in [-0.15, -0.1) is 0 Å². The maximum atomic E-state index is 11.7. The van der Waals surface area contributed by atoms with Gasteiger partial charge in [-0.2, -0.15) is 10.5 Å². The van der Waals surface area contributed by atoms with Gasteiger partial charge in [-0.05, 0) is 12.0 Å². The molecule has 0 aromatic heterocycles. The van der Waals surface area contributed by atoms with Crippen LogP contribution < -0.4 is 0 Å². The van der Waals surface area contributed by atoms with Crippen molar-refractivity contribution in [1.29, 1.82) is 10.5 Å². The van der Waals surface area contributed by atoms with Crippen LogP contribution in [0.25, 0.3) is 0 Å². The van der Waals surface area contributed by atoms with Crippen LogP contribution in [-0.4, -0.2) is 5.78 Å². The molecule has 3 heteroatoms. The van der Waals surface area contributed by atoms with Crippen LogP contribution in [0.15, 0.2) is 24.3 Å². The Morgan fingerprint density at radius 1 is 1.24 bits per heavy atom. The number of carbonyl (C=O) groups excluding carboxylic acids is 1. The van der Waals surface area contributed by atoms with Crippen LogP contribution in [0.4, 0.5) is 0 Å². The molecule has 86 valence electrons. The van der Waals surface area contributed by atoms with Crippen LogP contribution >= 0.6 is 0 Å². The molecule has 0 bridgehead atoms. The van der Waals surface area contributed by atoms with E-state index in [1.807, 2.05) is 12.1 Å². The number of ketones is 1. The van der Waals surface area contributed by atoms with E-state index in [1.165, 1.54) is 5.56 Å². The lowest BCUT2D eigenvalue weighted by Crippen LogP contribution is -2.05. The van der Waals surface area contributed by atoms with Crippen LogP contribution in [0, 0.1) is 28.6 Å². The molecule has 1 rings (SSSR count). The third kappa shape index (κ3) is 3.74. The van der Waals surface area contributed by atoms with Crippen molar-refractivity contribution in [3.05, 3.63) is 35.4 Å². The Hall–Kier alpha value is -2.13. The van der Waals surface area contributed by atoms with Crippen molar-refractivity contribution < 1.29 is 4.79 Å². The van der Waals surface area contributed by atoms with E-state index in [2.05, 4.69) is 6.92 Å². The minimum Gasteiger partial charge on any atom is -0.294 e. The zero-order valence-electron chi connectivity index (χ0n) is 9.81. The van der Waals surface area contributed by atoms with Crippen molar-refractivity contribution >= 4 is 5.78 Å². The maximum absolute atomic E-state index is 11.7. The van der Waals surface area contributed by atoms with E-state index in [9.17, 15) is 4.79 Å². The zero-order chi connectivity index (χ0) is 12.7. The lowest BCUT2D eigenvalue weighted by Gasteiger charge is -2.03. The maximum Gasteiger partial charge on any atom is 0.165 e. The van der Waals surface area contributed by atoms with Crippen molar-refractivity contribution in [3.8, 4) is 12.1 Å². The van der Waals surface area contributed by atoms with Gasteiger partial charge in [0, 0.05) is 12.0 Å². The summed E-state index contributed by atoms with van der Waals surface area (Å²) in [6, 6.07) is 11.0. The fraction of sp³-hybridized carbons (Fsp3) is 0.357. The van der Waals surface area contributed by atoms with Gasteiger partial charge in [0.25, 0.3) is 0 Å². The third-order valence-corrected chi connectivity index (χ3v) is 2.52. The summed E-state index contributed by atoms with van der Waals surface area (Å²) >= 11 is 0. The fourth-order valence-corrected chi connectivity index (χ4v) is 1.57. The summed E-state index contributed by atoms with van der Waals surface area (Å²) in [7, 11) is 0. The molecule has 1 aromatic carbocycles. The summed E-state index contributed by atoms with van der Waals surface area (Å²) in [6.45, 7) is 2.10. The van der Waals surface area contributed by atoms with Crippen molar-refractivity contribution in [2.24, 2.45) is 5.92 Å². The minimum atomic E-state index is -0.849. The number of Topliss-reactive ketones (excluding diaryl/α,β-unsaturated/α-hetero) is 1.